The molecule has 0 aromatic heterocycles. The average molecular weight is 412 g/mol. The Kier molecular flexibility index (Phi) is 5.38. The number of rotatable bonds is 4. The largest absolute Gasteiger partial charge is 0.506 e. The monoisotopic (exact) mass is 411 g/mol. The van der Waals surface area contributed by atoms with E-state index in [4.69, 9.17) is 4.74 Å². The molecule has 156 valence electrons. The van der Waals surface area contributed by atoms with Gasteiger partial charge < -0.3 is 15.2 Å². The van der Waals surface area contributed by atoms with Crippen molar-refractivity contribution in [2.24, 2.45) is 0 Å². The lowest BCUT2D eigenvalue weighted by molar-refractivity contribution is 0.102. The van der Waals surface area contributed by atoms with Gasteiger partial charge in [0.05, 0.1) is 5.56 Å². The summed E-state index contributed by atoms with van der Waals surface area (Å²) in [6.07, 6.45) is 0. The second kappa shape index (κ2) is 8.15. The molecule has 4 aromatic carbocycles. The van der Waals surface area contributed by atoms with Crippen molar-refractivity contribution in [1.29, 1.82) is 0 Å². The quantitative estimate of drug-likeness (QED) is 0.384. The number of benzene rings is 4. The molecule has 0 fully saturated rings. The fraction of sp³-hybridized carbons (Fsp3) is 0.148. The van der Waals surface area contributed by atoms with E-state index >= 15 is 0 Å². The van der Waals surface area contributed by atoms with Crippen molar-refractivity contribution in [3.05, 3.63) is 96.1 Å². The Labute approximate surface area is 182 Å². The molecule has 0 atom stereocenters. The minimum Gasteiger partial charge on any atom is -0.506 e. The van der Waals surface area contributed by atoms with Gasteiger partial charge in [0.2, 0.25) is 0 Å². The van der Waals surface area contributed by atoms with Crippen LogP contribution in [0.3, 0.4) is 0 Å². The van der Waals surface area contributed by atoms with Crippen LogP contribution in [-0.4, -0.2) is 11.0 Å². The molecular weight excluding hydrogens is 386 g/mol. The Morgan fingerprint density at radius 1 is 0.806 bits per heavy atom. The number of carbonyl (C=O) groups excluding carboxylic acids is 1. The van der Waals surface area contributed by atoms with E-state index in [-0.39, 0.29) is 22.6 Å². The molecule has 0 heterocycles. The number of hydrogen-bond acceptors (Lipinski definition) is 3. The average Bonchev–Trinajstić information content (AvgIpc) is 2.75. The van der Waals surface area contributed by atoms with Crippen molar-refractivity contribution in [2.45, 2.75) is 26.2 Å². The summed E-state index contributed by atoms with van der Waals surface area (Å²) in [7, 11) is 0. The van der Waals surface area contributed by atoms with Gasteiger partial charge in [-0.15, -0.1) is 0 Å². The van der Waals surface area contributed by atoms with Gasteiger partial charge in [-0.3, -0.25) is 4.79 Å². The first-order valence-corrected chi connectivity index (χ1v) is 10.2. The molecular formula is C27H25NO3. The molecule has 31 heavy (non-hydrogen) atoms. The van der Waals surface area contributed by atoms with E-state index in [1.807, 2.05) is 36.4 Å². The summed E-state index contributed by atoms with van der Waals surface area (Å²) in [4.78, 5) is 12.7. The number of phenolic OH excluding ortho intramolecular Hbond substituents is 1. The third-order valence-electron chi connectivity index (χ3n) is 5.21. The van der Waals surface area contributed by atoms with Gasteiger partial charge in [-0.2, -0.15) is 0 Å². The summed E-state index contributed by atoms with van der Waals surface area (Å²) < 4.78 is 5.91. The van der Waals surface area contributed by atoms with Gasteiger partial charge >= 0.3 is 0 Å². The predicted molar refractivity (Wildman–Crippen MR) is 125 cm³/mol. The molecule has 0 saturated heterocycles. The fourth-order valence-corrected chi connectivity index (χ4v) is 3.40. The lowest BCUT2D eigenvalue weighted by Gasteiger charge is -2.19. The Morgan fingerprint density at radius 2 is 1.42 bits per heavy atom. The summed E-state index contributed by atoms with van der Waals surface area (Å²) in [5.41, 5.74) is 2.19. The first kappa shape index (κ1) is 20.5. The van der Waals surface area contributed by atoms with E-state index in [0.717, 1.165) is 11.1 Å². The summed E-state index contributed by atoms with van der Waals surface area (Å²) >= 11 is 0. The van der Waals surface area contributed by atoms with Gasteiger partial charge in [0.15, 0.2) is 0 Å². The Bertz CT molecular complexity index is 1220. The van der Waals surface area contributed by atoms with Crippen molar-refractivity contribution in [3.63, 3.8) is 0 Å². The standard InChI is InChI=1S/C27H25NO3/c1-27(2,3)19-9-13-21(14-10-19)31-22-15-11-20(12-16-22)28-26(30)24-17-8-18-6-4-5-7-23(18)25(24)29/h4-17,29H,1-3H3,(H,28,30). The second-order valence-electron chi connectivity index (χ2n) is 8.54. The van der Waals surface area contributed by atoms with Crippen molar-refractivity contribution in [1.82, 2.24) is 0 Å². The lowest BCUT2D eigenvalue weighted by atomic mass is 9.87. The number of ether oxygens (including phenoxy) is 1. The molecule has 0 aliphatic rings. The lowest BCUT2D eigenvalue weighted by Crippen LogP contribution is -2.12. The Hall–Kier alpha value is -3.79. The number of aromatic hydroxyl groups is 1. The first-order chi connectivity index (χ1) is 14.8. The van der Waals surface area contributed by atoms with Crippen LogP contribution in [0.25, 0.3) is 10.8 Å². The molecule has 2 N–H and O–H groups in total. The number of fused-ring (bicyclic) bond motifs is 1. The number of phenols is 1. The van der Waals surface area contributed by atoms with E-state index < -0.39 is 0 Å². The minimum atomic E-state index is -0.366. The first-order valence-electron chi connectivity index (χ1n) is 10.2. The summed E-state index contributed by atoms with van der Waals surface area (Å²) in [5.74, 6) is 1.05. The smallest absolute Gasteiger partial charge is 0.259 e. The van der Waals surface area contributed by atoms with Crippen molar-refractivity contribution in [3.8, 4) is 17.2 Å². The molecule has 0 saturated carbocycles. The maximum Gasteiger partial charge on any atom is 0.259 e. The van der Waals surface area contributed by atoms with Crippen molar-refractivity contribution < 1.29 is 14.6 Å². The van der Waals surface area contributed by atoms with Crippen molar-refractivity contribution >= 4 is 22.4 Å². The number of nitrogens with one attached hydrogen (secondary N) is 1. The topological polar surface area (TPSA) is 58.6 Å². The van der Waals surface area contributed by atoms with Crippen LogP contribution in [0.15, 0.2) is 84.9 Å². The highest BCUT2D eigenvalue weighted by molar-refractivity contribution is 6.09. The highest BCUT2D eigenvalue weighted by Gasteiger charge is 2.15. The van der Waals surface area contributed by atoms with E-state index in [2.05, 4.69) is 38.2 Å². The SMILES string of the molecule is CC(C)(C)c1ccc(Oc2ccc(NC(=O)c3ccc4ccccc4c3O)cc2)cc1. The van der Waals surface area contributed by atoms with Gasteiger partial charge in [-0.05, 0) is 58.8 Å². The predicted octanol–water partition coefficient (Wildman–Crippen LogP) is 6.89. The van der Waals surface area contributed by atoms with Crippen LogP contribution in [0.2, 0.25) is 0 Å². The zero-order valence-electron chi connectivity index (χ0n) is 17.8. The summed E-state index contributed by atoms with van der Waals surface area (Å²) in [6.45, 7) is 6.52. The molecule has 4 aromatic rings. The van der Waals surface area contributed by atoms with E-state index in [0.29, 0.717) is 16.8 Å². The van der Waals surface area contributed by atoms with Crippen molar-refractivity contribution in [2.75, 3.05) is 5.32 Å². The molecule has 0 radical (unpaired) electrons. The zero-order chi connectivity index (χ0) is 22.0. The van der Waals surface area contributed by atoms with E-state index in [1.165, 1.54) is 5.56 Å². The van der Waals surface area contributed by atoms with Crippen LogP contribution in [-0.2, 0) is 5.41 Å². The molecule has 0 aliphatic heterocycles. The van der Waals surface area contributed by atoms with Gasteiger partial charge in [0, 0.05) is 11.1 Å². The third-order valence-corrected chi connectivity index (χ3v) is 5.21. The normalized spacial score (nSPS) is 11.3. The molecule has 1 amide bonds. The Morgan fingerprint density at radius 3 is 2.06 bits per heavy atom. The molecule has 0 bridgehead atoms. The van der Waals surface area contributed by atoms with Crippen LogP contribution in [0.5, 0.6) is 17.2 Å². The third kappa shape index (κ3) is 4.53. The molecule has 4 rings (SSSR count). The van der Waals surface area contributed by atoms with Crippen LogP contribution < -0.4 is 10.1 Å². The van der Waals surface area contributed by atoms with Gasteiger partial charge in [-0.1, -0.05) is 63.2 Å². The number of amides is 1. The molecule has 4 nitrogen and oxygen atoms in total. The summed E-state index contributed by atoms with van der Waals surface area (Å²) in [6, 6.07) is 26.1. The highest BCUT2D eigenvalue weighted by atomic mass is 16.5. The van der Waals surface area contributed by atoms with Crippen LogP contribution in [0.1, 0.15) is 36.7 Å². The molecule has 0 spiro atoms. The number of carbonyl (C=O) groups is 1. The molecule has 4 heteroatoms. The number of hydrogen-bond donors (Lipinski definition) is 2. The Balaban J connectivity index is 1.45. The van der Waals surface area contributed by atoms with E-state index in [1.54, 1.807) is 36.4 Å². The zero-order valence-corrected chi connectivity index (χ0v) is 17.8. The second-order valence-corrected chi connectivity index (χ2v) is 8.54. The van der Waals surface area contributed by atoms with Crippen LogP contribution in [0, 0.1) is 0 Å². The number of anilines is 1. The van der Waals surface area contributed by atoms with Gasteiger partial charge in [0.1, 0.15) is 17.2 Å². The van der Waals surface area contributed by atoms with Gasteiger partial charge in [0.25, 0.3) is 5.91 Å². The molecule has 0 aliphatic carbocycles. The maximum atomic E-state index is 12.7. The minimum absolute atomic E-state index is 0.0192. The highest BCUT2D eigenvalue weighted by Crippen LogP contribution is 2.30. The fourth-order valence-electron chi connectivity index (χ4n) is 3.40. The van der Waals surface area contributed by atoms with E-state index in [9.17, 15) is 9.90 Å². The van der Waals surface area contributed by atoms with Crippen LogP contribution in [0.4, 0.5) is 5.69 Å². The molecule has 0 unspecified atom stereocenters. The summed E-state index contributed by atoms with van der Waals surface area (Å²) in [5, 5.41) is 14.9. The van der Waals surface area contributed by atoms with Gasteiger partial charge in [-0.25, -0.2) is 0 Å². The van der Waals surface area contributed by atoms with Crippen LogP contribution >= 0.6 is 0 Å². The maximum absolute atomic E-state index is 12.7.